The zero-order valence-corrected chi connectivity index (χ0v) is 15.6. The van der Waals surface area contributed by atoms with Crippen molar-refractivity contribution in [3.63, 3.8) is 0 Å². The largest absolute Gasteiger partial charge is 0.449 e. The minimum Gasteiger partial charge on any atom is -0.449 e. The van der Waals surface area contributed by atoms with Gasteiger partial charge in [0.1, 0.15) is 5.69 Å². The molecule has 0 saturated carbocycles. The molecule has 1 atom stereocenters. The number of aromatic nitrogens is 2. The minimum absolute atomic E-state index is 0.164. The summed E-state index contributed by atoms with van der Waals surface area (Å²) in [6.45, 7) is 2.81. The van der Waals surface area contributed by atoms with Crippen LogP contribution in [0.15, 0.2) is 22.9 Å². The third-order valence-electron chi connectivity index (χ3n) is 4.93. The molecule has 2 aromatic heterocycles. The number of amides is 3. The van der Waals surface area contributed by atoms with Crippen LogP contribution in [0.1, 0.15) is 36.7 Å². The molecule has 0 aliphatic carbocycles. The van der Waals surface area contributed by atoms with Crippen molar-refractivity contribution in [2.75, 3.05) is 23.4 Å². The zero-order chi connectivity index (χ0) is 20.5. The van der Waals surface area contributed by atoms with Gasteiger partial charge in [-0.25, -0.2) is 23.3 Å². The molecule has 0 bridgehead atoms. The predicted octanol–water partition coefficient (Wildman–Crippen LogP) is 3.33. The Morgan fingerprint density at radius 3 is 3.00 bits per heavy atom. The van der Waals surface area contributed by atoms with Gasteiger partial charge < -0.3 is 19.5 Å². The van der Waals surface area contributed by atoms with E-state index in [2.05, 4.69) is 15.5 Å². The Morgan fingerprint density at radius 1 is 1.41 bits per heavy atom. The van der Waals surface area contributed by atoms with Crippen LogP contribution in [0, 0.1) is 0 Å². The third-order valence-corrected chi connectivity index (χ3v) is 4.93. The van der Waals surface area contributed by atoms with Gasteiger partial charge in [-0.1, -0.05) is 5.16 Å². The van der Waals surface area contributed by atoms with E-state index < -0.39 is 24.2 Å². The van der Waals surface area contributed by atoms with Gasteiger partial charge in [0, 0.05) is 30.9 Å². The fourth-order valence-corrected chi connectivity index (χ4v) is 3.43. The van der Waals surface area contributed by atoms with Crippen LogP contribution < -0.4 is 10.2 Å². The number of ether oxygens (including phenoxy) is 1. The number of pyridine rings is 1. The summed E-state index contributed by atoms with van der Waals surface area (Å²) in [6.07, 6.45) is -0.924. The number of urea groups is 1. The van der Waals surface area contributed by atoms with Crippen LogP contribution in [-0.4, -0.2) is 46.4 Å². The number of halogens is 2. The molecule has 1 saturated heterocycles. The fourth-order valence-electron chi connectivity index (χ4n) is 3.43. The quantitative estimate of drug-likeness (QED) is 0.838. The van der Waals surface area contributed by atoms with Gasteiger partial charge in [0.05, 0.1) is 24.4 Å². The molecule has 0 spiro atoms. The fraction of sp³-hybridized carbons (Fsp3) is 0.444. The molecule has 0 unspecified atom stereocenters. The van der Waals surface area contributed by atoms with Crippen molar-refractivity contribution in [1.82, 2.24) is 15.0 Å². The van der Waals surface area contributed by atoms with E-state index in [1.54, 1.807) is 4.90 Å². The number of rotatable bonds is 3. The number of nitrogens with zero attached hydrogens (tertiary/aromatic N) is 4. The molecule has 0 radical (unpaired) electrons. The molecule has 9 nitrogen and oxygen atoms in total. The second-order valence-electron chi connectivity index (χ2n) is 6.91. The summed E-state index contributed by atoms with van der Waals surface area (Å²) in [6, 6.07) is 1.92. The van der Waals surface area contributed by atoms with Crippen LogP contribution in [0.5, 0.6) is 0 Å². The second-order valence-corrected chi connectivity index (χ2v) is 6.91. The van der Waals surface area contributed by atoms with E-state index in [0.717, 1.165) is 6.07 Å². The molecule has 2 aliphatic rings. The van der Waals surface area contributed by atoms with Gasteiger partial charge in [0.15, 0.2) is 0 Å². The molecule has 3 amide bonds. The first-order chi connectivity index (χ1) is 13.9. The summed E-state index contributed by atoms with van der Waals surface area (Å²) >= 11 is 0. The molecule has 0 aromatic carbocycles. The van der Waals surface area contributed by atoms with Gasteiger partial charge in [-0.15, -0.1) is 0 Å². The van der Waals surface area contributed by atoms with Gasteiger partial charge in [-0.3, -0.25) is 4.98 Å². The lowest BCUT2D eigenvalue weighted by molar-refractivity contribution is 0.137. The van der Waals surface area contributed by atoms with Crippen LogP contribution in [0.2, 0.25) is 0 Å². The number of hydrogen-bond donors (Lipinski definition) is 1. The zero-order valence-electron chi connectivity index (χ0n) is 15.6. The Kier molecular flexibility index (Phi) is 5.03. The van der Waals surface area contributed by atoms with Crippen molar-refractivity contribution in [1.29, 1.82) is 0 Å². The number of cyclic esters (lactones) is 1. The lowest BCUT2D eigenvalue weighted by atomic mass is 10.0. The molecule has 2 aliphatic heterocycles. The highest BCUT2D eigenvalue weighted by atomic mass is 19.3. The van der Waals surface area contributed by atoms with E-state index in [0.29, 0.717) is 37.3 Å². The lowest BCUT2D eigenvalue weighted by Crippen LogP contribution is -2.45. The van der Waals surface area contributed by atoms with Crippen molar-refractivity contribution in [3.8, 4) is 0 Å². The van der Waals surface area contributed by atoms with Crippen molar-refractivity contribution < 1.29 is 27.6 Å². The third kappa shape index (κ3) is 3.71. The van der Waals surface area contributed by atoms with Gasteiger partial charge in [0.25, 0.3) is 6.43 Å². The number of nitrogens with one attached hydrogen (secondary N) is 1. The molecular weight excluding hydrogens is 388 g/mol. The highest BCUT2D eigenvalue weighted by Crippen LogP contribution is 2.33. The highest BCUT2D eigenvalue weighted by Gasteiger charge is 2.36. The van der Waals surface area contributed by atoms with Crippen molar-refractivity contribution >= 4 is 23.7 Å². The molecular formula is C18H19F2N5O4. The first-order valence-electron chi connectivity index (χ1n) is 9.17. The van der Waals surface area contributed by atoms with Crippen LogP contribution >= 0.6 is 0 Å². The summed E-state index contributed by atoms with van der Waals surface area (Å²) in [7, 11) is 0. The summed E-state index contributed by atoms with van der Waals surface area (Å²) in [5.41, 5.74) is 1.13. The number of fused-ring (bicyclic) bond motifs is 1. The van der Waals surface area contributed by atoms with Crippen molar-refractivity contribution in [2.24, 2.45) is 0 Å². The molecule has 1 fully saturated rings. The Bertz CT molecular complexity index is 935. The molecule has 29 heavy (non-hydrogen) atoms. The average molecular weight is 407 g/mol. The monoisotopic (exact) mass is 407 g/mol. The van der Waals surface area contributed by atoms with E-state index in [1.807, 2.05) is 6.92 Å². The number of carbonyl (C=O) groups excluding carboxylic acids is 2. The van der Waals surface area contributed by atoms with Crippen LogP contribution in [0.25, 0.3) is 0 Å². The number of carbonyl (C=O) groups is 2. The number of hydrogen-bond acceptors (Lipinski definition) is 6. The average Bonchev–Trinajstić information content (AvgIpc) is 3.10. The standard InChI is InChI=1S/C18H19F2N5O4/c1-10-7-13-12(16(29-23-13)24-5-2-6-28-18(24)27)9-25(10)17(26)22-11-3-4-21-14(8-11)15(19)20/h3-4,8,10,15H,2,5-7,9H2,1H3,(H,21,22,26)/t10-/m0/s1. The van der Waals surface area contributed by atoms with Crippen molar-refractivity contribution in [2.45, 2.75) is 38.8 Å². The SMILES string of the molecule is C[C@H]1Cc2noc(N3CCCOC3=O)c2CN1C(=O)Nc1ccnc(C(F)F)c1. The van der Waals surface area contributed by atoms with Crippen LogP contribution in [-0.2, 0) is 17.7 Å². The first-order valence-corrected chi connectivity index (χ1v) is 9.17. The van der Waals surface area contributed by atoms with E-state index >= 15 is 0 Å². The van der Waals surface area contributed by atoms with Gasteiger partial charge >= 0.3 is 12.1 Å². The lowest BCUT2D eigenvalue weighted by Gasteiger charge is -2.33. The summed E-state index contributed by atoms with van der Waals surface area (Å²) < 4.78 is 36.1. The predicted molar refractivity (Wildman–Crippen MR) is 96.7 cm³/mol. The summed E-state index contributed by atoms with van der Waals surface area (Å²) in [4.78, 5) is 31.3. The van der Waals surface area contributed by atoms with E-state index in [1.165, 1.54) is 17.2 Å². The number of anilines is 2. The van der Waals surface area contributed by atoms with Crippen LogP contribution in [0.3, 0.4) is 0 Å². The molecule has 11 heteroatoms. The second kappa shape index (κ2) is 7.64. The van der Waals surface area contributed by atoms with Crippen molar-refractivity contribution in [3.05, 3.63) is 35.3 Å². The Balaban J connectivity index is 1.53. The maximum Gasteiger partial charge on any atom is 0.416 e. The van der Waals surface area contributed by atoms with E-state index in [9.17, 15) is 18.4 Å². The Morgan fingerprint density at radius 2 is 2.24 bits per heavy atom. The Labute approximate surface area is 164 Å². The first kappa shape index (κ1) is 19.1. The minimum atomic E-state index is -2.73. The normalized spacial score (nSPS) is 19.2. The van der Waals surface area contributed by atoms with Gasteiger partial charge in [-0.2, -0.15) is 0 Å². The van der Waals surface area contributed by atoms with E-state index in [4.69, 9.17) is 9.26 Å². The number of alkyl halides is 2. The molecule has 154 valence electrons. The van der Waals surface area contributed by atoms with E-state index in [-0.39, 0.29) is 24.2 Å². The van der Waals surface area contributed by atoms with Gasteiger partial charge in [0.2, 0.25) is 5.88 Å². The topological polar surface area (TPSA) is 101 Å². The maximum absolute atomic E-state index is 12.8. The Hall–Kier alpha value is -3.24. The molecule has 1 N–H and O–H groups in total. The van der Waals surface area contributed by atoms with Gasteiger partial charge in [-0.05, 0) is 25.5 Å². The molecule has 4 heterocycles. The highest BCUT2D eigenvalue weighted by molar-refractivity contribution is 5.90. The molecule has 2 aromatic rings. The summed E-state index contributed by atoms with van der Waals surface area (Å²) in [5.74, 6) is 0.276. The summed E-state index contributed by atoms with van der Waals surface area (Å²) in [5, 5.41) is 6.68. The van der Waals surface area contributed by atoms with Crippen LogP contribution in [0.4, 0.5) is 29.9 Å². The smallest absolute Gasteiger partial charge is 0.416 e. The maximum atomic E-state index is 12.8. The molecule has 4 rings (SSSR count).